The van der Waals surface area contributed by atoms with E-state index in [9.17, 15) is 8.42 Å². The molecule has 0 heterocycles. The molecule has 0 N–H and O–H groups in total. The Morgan fingerprint density at radius 2 is 1.36 bits per heavy atom. The molecule has 3 rings (SSSR count). The van der Waals surface area contributed by atoms with Gasteiger partial charge in [-0.15, -0.1) is 0 Å². The van der Waals surface area contributed by atoms with Crippen LogP contribution in [0, 0.1) is 0 Å². The average molecular weight is 396 g/mol. The molecule has 0 aliphatic carbocycles. The van der Waals surface area contributed by atoms with E-state index >= 15 is 0 Å². The highest BCUT2D eigenvalue weighted by Crippen LogP contribution is 2.27. The summed E-state index contributed by atoms with van der Waals surface area (Å²) in [6.45, 7) is 2.61. The minimum absolute atomic E-state index is 0.289. The van der Waals surface area contributed by atoms with Crippen molar-refractivity contribution in [1.82, 2.24) is 4.31 Å². The fourth-order valence-corrected chi connectivity index (χ4v) is 4.61. The van der Waals surface area contributed by atoms with Crippen LogP contribution in [0.4, 0.5) is 0 Å². The molecule has 3 aromatic rings. The van der Waals surface area contributed by atoms with Crippen LogP contribution in [0.1, 0.15) is 23.6 Å². The molecular formula is C23H25NO3S. The first-order chi connectivity index (χ1) is 13.5. The smallest absolute Gasteiger partial charge is 0.243 e. The van der Waals surface area contributed by atoms with E-state index in [-0.39, 0.29) is 4.90 Å². The van der Waals surface area contributed by atoms with Crippen molar-refractivity contribution in [3.05, 3.63) is 95.6 Å². The Hall–Kier alpha value is -2.63. The third kappa shape index (κ3) is 4.61. The Morgan fingerprint density at radius 1 is 0.821 bits per heavy atom. The van der Waals surface area contributed by atoms with Crippen LogP contribution in [0.3, 0.4) is 0 Å². The molecule has 0 aromatic heterocycles. The summed E-state index contributed by atoms with van der Waals surface area (Å²) in [6, 6.07) is 24.4. The molecule has 28 heavy (non-hydrogen) atoms. The topological polar surface area (TPSA) is 46.6 Å². The largest absolute Gasteiger partial charge is 0.496 e. The molecule has 0 atom stereocenters. The van der Waals surface area contributed by atoms with Crippen molar-refractivity contribution in [2.75, 3.05) is 7.11 Å². The number of hydrogen-bond donors (Lipinski definition) is 0. The quantitative estimate of drug-likeness (QED) is 0.558. The predicted molar refractivity (Wildman–Crippen MR) is 112 cm³/mol. The number of nitrogens with zero attached hydrogens (tertiary/aromatic N) is 1. The second-order valence-corrected chi connectivity index (χ2v) is 8.51. The second-order valence-electron chi connectivity index (χ2n) is 6.57. The van der Waals surface area contributed by atoms with Gasteiger partial charge in [0.15, 0.2) is 0 Å². The molecule has 0 unspecified atom stereocenters. The third-order valence-electron chi connectivity index (χ3n) is 4.67. The minimum Gasteiger partial charge on any atom is -0.496 e. The Bertz CT molecular complexity index is 961. The van der Waals surface area contributed by atoms with Gasteiger partial charge in [0.25, 0.3) is 0 Å². The summed E-state index contributed by atoms with van der Waals surface area (Å²) in [4.78, 5) is 0.289. The van der Waals surface area contributed by atoms with Gasteiger partial charge in [-0.1, -0.05) is 67.6 Å². The van der Waals surface area contributed by atoms with Crippen molar-refractivity contribution in [3.63, 3.8) is 0 Å². The first-order valence-electron chi connectivity index (χ1n) is 9.29. The van der Waals surface area contributed by atoms with E-state index in [2.05, 4.69) is 0 Å². The molecule has 0 saturated heterocycles. The van der Waals surface area contributed by atoms with E-state index in [1.54, 1.807) is 25.3 Å². The number of methoxy groups -OCH3 is 1. The van der Waals surface area contributed by atoms with Crippen LogP contribution >= 0.6 is 0 Å². The van der Waals surface area contributed by atoms with Crippen LogP contribution in [0.2, 0.25) is 0 Å². The van der Waals surface area contributed by atoms with E-state index in [0.29, 0.717) is 25.3 Å². The maximum atomic E-state index is 13.5. The summed E-state index contributed by atoms with van der Waals surface area (Å²) in [5, 5.41) is 0. The summed E-state index contributed by atoms with van der Waals surface area (Å²) in [5.41, 5.74) is 2.78. The summed E-state index contributed by atoms with van der Waals surface area (Å²) < 4.78 is 33.9. The van der Waals surface area contributed by atoms with Crippen LogP contribution in [0.5, 0.6) is 5.75 Å². The lowest BCUT2D eigenvalue weighted by Gasteiger charge is -2.23. The lowest BCUT2D eigenvalue weighted by molar-refractivity contribution is 0.399. The maximum Gasteiger partial charge on any atom is 0.243 e. The highest BCUT2D eigenvalue weighted by molar-refractivity contribution is 7.89. The SMILES string of the molecule is CCc1cc(S(=O)(=O)N(Cc2ccccc2)Cc2ccccc2)ccc1OC. The molecule has 146 valence electrons. The van der Waals surface area contributed by atoms with Gasteiger partial charge in [-0.2, -0.15) is 4.31 Å². The van der Waals surface area contributed by atoms with Crippen LogP contribution in [0.25, 0.3) is 0 Å². The van der Waals surface area contributed by atoms with E-state index in [0.717, 1.165) is 16.7 Å². The normalized spacial score (nSPS) is 11.5. The number of benzene rings is 3. The first-order valence-corrected chi connectivity index (χ1v) is 10.7. The van der Waals surface area contributed by atoms with Gasteiger partial charge in [-0.3, -0.25) is 0 Å². The molecule has 0 amide bonds. The first kappa shape index (κ1) is 20.1. The van der Waals surface area contributed by atoms with E-state index < -0.39 is 10.0 Å². The number of sulfonamides is 1. The van der Waals surface area contributed by atoms with Gasteiger partial charge in [0.2, 0.25) is 10.0 Å². The average Bonchev–Trinajstić information content (AvgIpc) is 2.74. The van der Waals surface area contributed by atoms with E-state index in [1.807, 2.05) is 67.6 Å². The molecule has 0 spiro atoms. The lowest BCUT2D eigenvalue weighted by atomic mass is 10.1. The standard InChI is InChI=1S/C23H25NO3S/c1-3-21-16-22(14-15-23(21)27-2)28(25,26)24(17-19-10-6-4-7-11-19)18-20-12-8-5-9-13-20/h4-16H,3,17-18H2,1-2H3. The number of aryl methyl sites for hydroxylation is 1. The third-order valence-corrected chi connectivity index (χ3v) is 6.46. The number of rotatable bonds is 8. The predicted octanol–water partition coefficient (Wildman–Crippen LogP) is 4.65. The van der Waals surface area contributed by atoms with Crippen molar-refractivity contribution in [1.29, 1.82) is 0 Å². The van der Waals surface area contributed by atoms with Crippen molar-refractivity contribution >= 4 is 10.0 Å². The lowest BCUT2D eigenvalue weighted by Crippen LogP contribution is -2.30. The van der Waals surface area contributed by atoms with Crippen molar-refractivity contribution in [3.8, 4) is 5.75 Å². The number of ether oxygens (including phenoxy) is 1. The van der Waals surface area contributed by atoms with Crippen LogP contribution < -0.4 is 4.74 Å². The van der Waals surface area contributed by atoms with Crippen LogP contribution in [-0.4, -0.2) is 19.8 Å². The van der Waals surface area contributed by atoms with E-state index in [4.69, 9.17) is 4.74 Å². The van der Waals surface area contributed by atoms with Gasteiger partial charge in [-0.05, 0) is 41.3 Å². The maximum absolute atomic E-state index is 13.5. The zero-order chi connectivity index (χ0) is 20.0. The highest BCUT2D eigenvalue weighted by atomic mass is 32.2. The van der Waals surface area contributed by atoms with Gasteiger partial charge in [0, 0.05) is 13.1 Å². The Balaban J connectivity index is 2.00. The van der Waals surface area contributed by atoms with Crippen LogP contribution in [0.15, 0.2) is 83.8 Å². The molecular weight excluding hydrogens is 370 g/mol. The molecule has 0 fully saturated rings. The molecule has 3 aromatic carbocycles. The summed E-state index contributed by atoms with van der Waals surface area (Å²) in [6.07, 6.45) is 0.698. The molecule has 0 saturated carbocycles. The summed E-state index contributed by atoms with van der Waals surface area (Å²) >= 11 is 0. The molecule has 0 aliphatic rings. The molecule has 0 radical (unpaired) electrons. The van der Waals surface area contributed by atoms with Crippen molar-refractivity contribution in [2.45, 2.75) is 31.3 Å². The van der Waals surface area contributed by atoms with Crippen LogP contribution in [-0.2, 0) is 29.5 Å². The zero-order valence-electron chi connectivity index (χ0n) is 16.2. The monoisotopic (exact) mass is 395 g/mol. The van der Waals surface area contributed by atoms with Crippen molar-refractivity contribution in [2.24, 2.45) is 0 Å². The van der Waals surface area contributed by atoms with Gasteiger partial charge >= 0.3 is 0 Å². The fraction of sp³-hybridized carbons (Fsp3) is 0.217. The highest BCUT2D eigenvalue weighted by Gasteiger charge is 2.26. The Kier molecular flexibility index (Phi) is 6.49. The van der Waals surface area contributed by atoms with Gasteiger partial charge in [-0.25, -0.2) is 8.42 Å². The number of hydrogen-bond acceptors (Lipinski definition) is 3. The summed E-state index contributed by atoms with van der Waals surface area (Å²) in [7, 11) is -2.08. The van der Waals surface area contributed by atoms with E-state index in [1.165, 1.54) is 4.31 Å². The minimum atomic E-state index is -3.68. The fourth-order valence-electron chi connectivity index (χ4n) is 3.14. The summed E-state index contributed by atoms with van der Waals surface area (Å²) in [5.74, 6) is 0.708. The second kappa shape index (κ2) is 9.04. The van der Waals surface area contributed by atoms with Gasteiger partial charge < -0.3 is 4.74 Å². The molecule has 4 nitrogen and oxygen atoms in total. The molecule has 5 heteroatoms. The Morgan fingerprint density at radius 3 is 1.82 bits per heavy atom. The van der Waals surface area contributed by atoms with Gasteiger partial charge in [0.05, 0.1) is 12.0 Å². The molecule has 0 aliphatic heterocycles. The Labute approximate surface area is 167 Å². The van der Waals surface area contributed by atoms with Crippen molar-refractivity contribution < 1.29 is 13.2 Å². The van der Waals surface area contributed by atoms with Gasteiger partial charge in [0.1, 0.15) is 5.75 Å². The zero-order valence-corrected chi connectivity index (χ0v) is 17.0. The molecule has 0 bridgehead atoms.